The summed E-state index contributed by atoms with van der Waals surface area (Å²) in [5.74, 6) is -2.13. The van der Waals surface area contributed by atoms with Crippen LogP contribution in [0.2, 0.25) is 0 Å². The highest BCUT2D eigenvalue weighted by Gasteiger charge is 2.26. The predicted molar refractivity (Wildman–Crippen MR) is 110 cm³/mol. The monoisotopic (exact) mass is 420 g/mol. The molecule has 3 amide bonds. The van der Waals surface area contributed by atoms with Gasteiger partial charge in [-0.3, -0.25) is 14.4 Å². The number of hydrazone groups is 1. The van der Waals surface area contributed by atoms with Crippen molar-refractivity contribution in [2.75, 3.05) is 0 Å². The van der Waals surface area contributed by atoms with Gasteiger partial charge in [0.2, 0.25) is 11.8 Å². The van der Waals surface area contributed by atoms with Crippen molar-refractivity contribution in [1.82, 2.24) is 16.1 Å². The average molecular weight is 420 g/mol. The molecule has 0 saturated carbocycles. The summed E-state index contributed by atoms with van der Waals surface area (Å²) in [6.07, 6.45) is 0.785. The first-order valence-corrected chi connectivity index (χ1v) is 9.28. The van der Waals surface area contributed by atoms with E-state index in [1.54, 1.807) is 45.0 Å². The Morgan fingerprint density at radius 3 is 2.23 bits per heavy atom. The lowest BCUT2D eigenvalue weighted by molar-refractivity contribution is -0.141. The van der Waals surface area contributed by atoms with Crippen molar-refractivity contribution in [3.05, 3.63) is 35.4 Å². The quantitative estimate of drug-likeness (QED) is 0.367. The van der Waals surface area contributed by atoms with Crippen LogP contribution in [0.5, 0.6) is 0 Å². The van der Waals surface area contributed by atoms with E-state index in [4.69, 9.17) is 9.84 Å². The summed E-state index contributed by atoms with van der Waals surface area (Å²) in [6.45, 7) is 7.74. The smallest absolute Gasteiger partial charge is 0.408 e. The van der Waals surface area contributed by atoms with E-state index in [0.29, 0.717) is 11.1 Å². The van der Waals surface area contributed by atoms with Gasteiger partial charge in [0.25, 0.3) is 0 Å². The van der Waals surface area contributed by atoms with Gasteiger partial charge in [-0.1, -0.05) is 24.3 Å². The molecule has 0 radical (unpaired) electrons. The van der Waals surface area contributed by atoms with E-state index >= 15 is 0 Å². The normalized spacial score (nSPS) is 13.2. The first-order chi connectivity index (χ1) is 13.9. The van der Waals surface area contributed by atoms with E-state index in [1.165, 1.54) is 20.1 Å². The molecule has 0 aliphatic rings. The van der Waals surface area contributed by atoms with E-state index in [2.05, 4.69) is 21.2 Å². The molecule has 1 rings (SSSR count). The van der Waals surface area contributed by atoms with Crippen LogP contribution in [0.25, 0.3) is 0 Å². The standard InChI is InChI=1S/C20H28N4O6/c1-12(18(27)28)22-17(26)16(23-19(29)30-20(3,4)5)10-14-6-8-15(9-7-14)11-21-24-13(2)25/h6-9,11-12,16H,10H2,1-5H3,(H,22,26)(H,23,29)(H,24,25)(H,27,28)/b21-11+. The highest BCUT2D eigenvalue weighted by Crippen LogP contribution is 2.10. The molecule has 164 valence electrons. The second-order valence-corrected chi connectivity index (χ2v) is 7.64. The zero-order valence-electron chi connectivity index (χ0n) is 17.7. The summed E-state index contributed by atoms with van der Waals surface area (Å²) < 4.78 is 5.19. The number of carbonyl (C=O) groups is 4. The number of carboxylic acid groups (broad SMARTS) is 1. The number of nitrogens with one attached hydrogen (secondary N) is 3. The van der Waals surface area contributed by atoms with Gasteiger partial charge < -0.3 is 20.5 Å². The Bertz CT molecular complexity index is 799. The third-order valence-corrected chi connectivity index (χ3v) is 3.59. The van der Waals surface area contributed by atoms with Crippen LogP contribution < -0.4 is 16.1 Å². The highest BCUT2D eigenvalue weighted by molar-refractivity contribution is 5.89. The molecule has 10 heteroatoms. The number of rotatable bonds is 8. The summed E-state index contributed by atoms with van der Waals surface area (Å²) in [5, 5.41) is 17.6. The molecule has 1 aromatic carbocycles. The Balaban J connectivity index is 2.91. The second kappa shape index (κ2) is 10.9. The van der Waals surface area contributed by atoms with Gasteiger partial charge in [-0.05, 0) is 38.8 Å². The van der Waals surface area contributed by atoms with Crippen molar-refractivity contribution in [1.29, 1.82) is 0 Å². The van der Waals surface area contributed by atoms with Crippen LogP contribution in [0, 0.1) is 0 Å². The molecule has 0 aromatic heterocycles. The number of carbonyl (C=O) groups excluding carboxylic acids is 3. The number of aliphatic carboxylic acids is 1. The average Bonchev–Trinajstić information content (AvgIpc) is 2.60. The number of nitrogens with zero attached hydrogens (tertiary/aromatic N) is 1. The van der Waals surface area contributed by atoms with Crippen molar-refractivity contribution < 1.29 is 29.0 Å². The van der Waals surface area contributed by atoms with Gasteiger partial charge in [0.15, 0.2) is 0 Å². The van der Waals surface area contributed by atoms with E-state index in [0.717, 1.165) is 0 Å². The van der Waals surface area contributed by atoms with Crippen LogP contribution in [0.15, 0.2) is 29.4 Å². The third kappa shape index (κ3) is 9.67. The maximum Gasteiger partial charge on any atom is 0.408 e. The van der Waals surface area contributed by atoms with E-state index < -0.39 is 35.7 Å². The number of benzene rings is 1. The van der Waals surface area contributed by atoms with Gasteiger partial charge >= 0.3 is 12.1 Å². The number of hydrogen-bond acceptors (Lipinski definition) is 6. The van der Waals surface area contributed by atoms with Crippen molar-refractivity contribution in [2.45, 2.75) is 58.7 Å². The van der Waals surface area contributed by atoms with E-state index in [9.17, 15) is 19.2 Å². The number of carboxylic acids is 1. The lowest BCUT2D eigenvalue weighted by atomic mass is 10.0. The molecule has 30 heavy (non-hydrogen) atoms. The summed E-state index contributed by atoms with van der Waals surface area (Å²) >= 11 is 0. The molecule has 0 saturated heterocycles. The summed E-state index contributed by atoms with van der Waals surface area (Å²) in [6, 6.07) is 4.75. The zero-order chi connectivity index (χ0) is 22.9. The Hall–Kier alpha value is -3.43. The van der Waals surface area contributed by atoms with Gasteiger partial charge in [-0.25, -0.2) is 10.2 Å². The number of alkyl carbamates (subject to hydrolysis) is 1. The Labute approximate surface area is 175 Å². The largest absolute Gasteiger partial charge is 0.480 e. The molecule has 0 spiro atoms. The molecule has 4 N–H and O–H groups in total. The maximum absolute atomic E-state index is 12.5. The van der Waals surface area contributed by atoms with Crippen molar-refractivity contribution in [3.63, 3.8) is 0 Å². The van der Waals surface area contributed by atoms with Crippen molar-refractivity contribution in [3.8, 4) is 0 Å². The molecule has 2 unspecified atom stereocenters. The van der Waals surface area contributed by atoms with Crippen LogP contribution in [-0.4, -0.2) is 52.9 Å². The molecule has 0 fully saturated rings. The van der Waals surface area contributed by atoms with Crippen molar-refractivity contribution in [2.24, 2.45) is 5.10 Å². The first kappa shape index (κ1) is 24.6. The van der Waals surface area contributed by atoms with Gasteiger partial charge in [0.05, 0.1) is 6.21 Å². The number of amides is 3. The fourth-order valence-corrected chi connectivity index (χ4v) is 2.21. The second-order valence-electron chi connectivity index (χ2n) is 7.64. The first-order valence-electron chi connectivity index (χ1n) is 9.28. The van der Waals surface area contributed by atoms with Crippen LogP contribution in [0.3, 0.4) is 0 Å². The minimum absolute atomic E-state index is 0.112. The summed E-state index contributed by atoms with van der Waals surface area (Å²) in [5.41, 5.74) is 2.97. The summed E-state index contributed by atoms with van der Waals surface area (Å²) in [4.78, 5) is 46.5. The molecule has 0 aliphatic carbocycles. The Kier molecular flexibility index (Phi) is 8.97. The van der Waals surface area contributed by atoms with E-state index in [-0.39, 0.29) is 12.3 Å². The van der Waals surface area contributed by atoms with Crippen LogP contribution in [0.1, 0.15) is 45.7 Å². The summed E-state index contributed by atoms with van der Waals surface area (Å²) in [7, 11) is 0. The van der Waals surface area contributed by atoms with Gasteiger partial charge in [-0.15, -0.1) is 0 Å². The van der Waals surface area contributed by atoms with Gasteiger partial charge in [-0.2, -0.15) is 5.10 Å². The molecular formula is C20H28N4O6. The number of hydrogen-bond donors (Lipinski definition) is 4. The SMILES string of the molecule is CC(=O)N/N=C/c1ccc(CC(NC(=O)OC(C)(C)C)C(=O)NC(C)C(=O)O)cc1. The highest BCUT2D eigenvalue weighted by atomic mass is 16.6. The van der Waals surface area contributed by atoms with Crippen LogP contribution >= 0.6 is 0 Å². The van der Waals surface area contributed by atoms with Crippen LogP contribution in [-0.2, 0) is 25.5 Å². The topological polar surface area (TPSA) is 146 Å². The van der Waals surface area contributed by atoms with Gasteiger partial charge in [0, 0.05) is 13.3 Å². The molecule has 10 nitrogen and oxygen atoms in total. The lowest BCUT2D eigenvalue weighted by Crippen LogP contribution is -2.52. The molecule has 1 aromatic rings. The van der Waals surface area contributed by atoms with Crippen molar-refractivity contribution >= 4 is 30.1 Å². The zero-order valence-corrected chi connectivity index (χ0v) is 17.7. The molecule has 0 aliphatic heterocycles. The third-order valence-electron chi connectivity index (χ3n) is 3.59. The molecule has 0 bridgehead atoms. The fraction of sp³-hybridized carbons (Fsp3) is 0.450. The lowest BCUT2D eigenvalue weighted by Gasteiger charge is -2.24. The molecular weight excluding hydrogens is 392 g/mol. The predicted octanol–water partition coefficient (Wildman–Crippen LogP) is 1.18. The Morgan fingerprint density at radius 2 is 1.73 bits per heavy atom. The maximum atomic E-state index is 12.5. The van der Waals surface area contributed by atoms with E-state index in [1.807, 2.05) is 0 Å². The molecule has 2 atom stereocenters. The minimum Gasteiger partial charge on any atom is -0.480 e. The minimum atomic E-state index is -1.19. The fourth-order valence-electron chi connectivity index (χ4n) is 2.21. The Morgan fingerprint density at radius 1 is 1.13 bits per heavy atom. The van der Waals surface area contributed by atoms with Crippen LogP contribution in [0.4, 0.5) is 4.79 Å². The van der Waals surface area contributed by atoms with Gasteiger partial charge in [0.1, 0.15) is 17.7 Å². The number of ether oxygens (including phenoxy) is 1. The molecule has 0 heterocycles.